The summed E-state index contributed by atoms with van der Waals surface area (Å²) < 4.78 is 5.69. The molecule has 0 saturated carbocycles. The fourth-order valence-electron chi connectivity index (χ4n) is 2.82. The van der Waals surface area contributed by atoms with Gasteiger partial charge >= 0.3 is 0 Å². The van der Waals surface area contributed by atoms with Crippen LogP contribution in [0, 0.1) is 5.92 Å². The van der Waals surface area contributed by atoms with Gasteiger partial charge in [-0.3, -0.25) is 0 Å². The number of nitrogens with zero attached hydrogens (tertiary/aromatic N) is 3. The number of ether oxygens (including phenoxy) is 1. The van der Waals surface area contributed by atoms with Crippen LogP contribution in [0.25, 0.3) is 11.0 Å². The van der Waals surface area contributed by atoms with Crippen LogP contribution >= 0.6 is 0 Å². The first-order valence-corrected chi connectivity index (χ1v) is 7.57. The lowest BCUT2D eigenvalue weighted by Crippen LogP contribution is -2.37. The van der Waals surface area contributed by atoms with Crippen molar-refractivity contribution in [3.05, 3.63) is 24.3 Å². The number of aliphatic hydroxyl groups is 1. The molecule has 1 fully saturated rings. The summed E-state index contributed by atoms with van der Waals surface area (Å²) in [5, 5.41) is 9.41. The van der Waals surface area contributed by atoms with E-state index in [1.165, 1.54) is 0 Å². The highest BCUT2D eigenvalue weighted by atomic mass is 16.5. The number of para-hydroxylation sites is 2. The summed E-state index contributed by atoms with van der Waals surface area (Å²) in [5.74, 6) is 1.70. The largest absolute Gasteiger partial charge is 0.475 e. The zero-order chi connectivity index (χ0) is 14.7. The van der Waals surface area contributed by atoms with Gasteiger partial charge in [0.2, 0.25) is 0 Å². The van der Waals surface area contributed by atoms with E-state index in [9.17, 15) is 5.11 Å². The Bertz CT molecular complexity index is 617. The average Bonchev–Trinajstić information content (AvgIpc) is 2.54. The van der Waals surface area contributed by atoms with Gasteiger partial charge in [-0.15, -0.1) is 0 Å². The number of benzene rings is 1. The summed E-state index contributed by atoms with van der Waals surface area (Å²) >= 11 is 0. The summed E-state index contributed by atoms with van der Waals surface area (Å²) in [7, 11) is 0. The molecule has 3 rings (SSSR count). The Morgan fingerprint density at radius 3 is 2.76 bits per heavy atom. The number of aliphatic hydroxyl groups excluding tert-OH is 1. The lowest BCUT2D eigenvalue weighted by atomic mass is 9.99. The van der Waals surface area contributed by atoms with Crippen LogP contribution in [0.5, 0.6) is 5.88 Å². The van der Waals surface area contributed by atoms with Crippen molar-refractivity contribution in [3.8, 4) is 5.88 Å². The first-order chi connectivity index (χ1) is 10.3. The van der Waals surface area contributed by atoms with Gasteiger partial charge < -0.3 is 14.7 Å². The zero-order valence-electron chi connectivity index (χ0n) is 12.3. The predicted molar refractivity (Wildman–Crippen MR) is 82.7 cm³/mol. The van der Waals surface area contributed by atoms with E-state index in [-0.39, 0.29) is 6.61 Å². The van der Waals surface area contributed by atoms with E-state index >= 15 is 0 Å². The number of hydrogen-bond donors (Lipinski definition) is 1. The zero-order valence-corrected chi connectivity index (χ0v) is 12.3. The number of anilines is 1. The van der Waals surface area contributed by atoms with Gasteiger partial charge in [0.1, 0.15) is 0 Å². The molecule has 1 aromatic carbocycles. The minimum absolute atomic E-state index is 0.224. The lowest BCUT2D eigenvalue weighted by molar-refractivity contribution is 0.208. The maximum atomic E-state index is 9.41. The molecule has 1 saturated heterocycles. The number of hydrogen-bond acceptors (Lipinski definition) is 5. The minimum atomic E-state index is 0.224. The molecule has 1 aromatic heterocycles. The van der Waals surface area contributed by atoms with Gasteiger partial charge in [0.05, 0.1) is 17.6 Å². The smallest absolute Gasteiger partial charge is 0.258 e. The Balaban J connectivity index is 2.00. The van der Waals surface area contributed by atoms with Crippen LogP contribution in [0.15, 0.2) is 24.3 Å². The van der Waals surface area contributed by atoms with Gasteiger partial charge in [0, 0.05) is 19.7 Å². The Kier molecular flexibility index (Phi) is 4.20. The number of rotatable bonds is 4. The molecule has 1 aliphatic heterocycles. The normalized spacial score (nSPS) is 19.0. The summed E-state index contributed by atoms with van der Waals surface area (Å²) in [5.41, 5.74) is 1.72. The fourth-order valence-corrected chi connectivity index (χ4v) is 2.82. The molecule has 112 valence electrons. The number of piperidine rings is 1. The molecule has 1 N–H and O–H groups in total. The van der Waals surface area contributed by atoms with E-state index < -0.39 is 0 Å². The second-order valence-electron chi connectivity index (χ2n) is 5.41. The fraction of sp³-hybridized carbons (Fsp3) is 0.500. The van der Waals surface area contributed by atoms with Crippen molar-refractivity contribution >= 4 is 16.9 Å². The molecule has 5 nitrogen and oxygen atoms in total. The SMILES string of the molecule is CCOc1nc2ccccc2nc1N1CCC[C@H](CO)C1. The third-order valence-corrected chi connectivity index (χ3v) is 3.88. The quantitative estimate of drug-likeness (QED) is 0.934. The van der Waals surface area contributed by atoms with Crippen molar-refractivity contribution in [1.82, 2.24) is 9.97 Å². The standard InChI is InChI=1S/C16H21N3O2/c1-2-21-16-15(19-9-5-6-12(10-19)11-20)17-13-7-3-4-8-14(13)18-16/h3-4,7-8,12,20H,2,5-6,9-11H2,1H3/t12-/m0/s1. The molecule has 0 bridgehead atoms. The van der Waals surface area contributed by atoms with Gasteiger partial charge in [-0.05, 0) is 37.8 Å². The molecule has 1 aliphatic rings. The first kappa shape index (κ1) is 14.1. The summed E-state index contributed by atoms with van der Waals surface area (Å²) in [6.45, 7) is 4.49. The molecule has 5 heteroatoms. The molecule has 0 radical (unpaired) electrons. The monoisotopic (exact) mass is 287 g/mol. The Labute approximate surface area is 124 Å². The topological polar surface area (TPSA) is 58.5 Å². The highest BCUT2D eigenvalue weighted by molar-refractivity contribution is 5.77. The van der Waals surface area contributed by atoms with Crippen LogP contribution in [0.3, 0.4) is 0 Å². The molecular formula is C16H21N3O2. The third-order valence-electron chi connectivity index (χ3n) is 3.88. The van der Waals surface area contributed by atoms with Crippen LogP contribution in [-0.4, -0.2) is 41.4 Å². The average molecular weight is 287 g/mol. The summed E-state index contributed by atoms with van der Waals surface area (Å²) in [4.78, 5) is 11.5. The van der Waals surface area contributed by atoms with Crippen LogP contribution in [-0.2, 0) is 0 Å². The molecular weight excluding hydrogens is 266 g/mol. The molecule has 0 unspecified atom stereocenters. The second-order valence-corrected chi connectivity index (χ2v) is 5.41. The molecule has 0 spiro atoms. The lowest BCUT2D eigenvalue weighted by Gasteiger charge is -2.33. The van der Waals surface area contributed by atoms with Crippen LogP contribution in [0.2, 0.25) is 0 Å². The number of fused-ring (bicyclic) bond motifs is 1. The highest BCUT2D eigenvalue weighted by Gasteiger charge is 2.24. The molecule has 0 amide bonds. The highest BCUT2D eigenvalue weighted by Crippen LogP contribution is 2.30. The van der Waals surface area contributed by atoms with E-state index in [4.69, 9.17) is 9.72 Å². The van der Waals surface area contributed by atoms with Crippen LogP contribution < -0.4 is 9.64 Å². The van der Waals surface area contributed by atoms with Gasteiger partial charge in [-0.25, -0.2) is 9.97 Å². The summed E-state index contributed by atoms with van der Waals surface area (Å²) in [6.07, 6.45) is 2.13. The Morgan fingerprint density at radius 2 is 2.05 bits per heavy atom. The van der Waals surface area contributed by atoms with Crippen molar-refractivity contribution < 1.29 is 9.84 Å². The molecule has 2 aromatic rings. The van der Waals surface area contributed by atoms with Gasteiger partial charge in [0.15, 0.2) is 5.82 Å². The maximum Gasteiger partial charge on any atom is 0.258 e. The van der Waals surface area contributed by atoms with Crippen molar-refractivity contribution in [2.45, 2.75) is 19.8 Å². The Morgan fingerprint density at radius 1 is 1.29 bits per heavy atom. The maximum absolute atomic E-state index is 9.41. The van der Waals surface area contributed by atoms with Crippen molar-refractivity contribution in [1.29, 1.82) is 0 Å². The minimum Gasteiger partial charge on any atom is -0.475 e. The Hall–Kier alpha value is -1.88. The molecule has 2 heterocycles. The van der Waals surface area contributed by atoms with Gasteiger partial charge in [-0.1, -0.05) is 12.1 Å². The van der Waals surface area contributed by atoms with E-state index in [1.807, 2.05) is 31.2 Å². The second kappa shape index (κ2) is 6.26. The van der Waals surface area contributed by atoms with Crippen LogP contribution in [0.1, 0.15) is 19.8 Å². The van der Waals surface area contributed by atoms with Crippen molar-refractivity contribution in [2.75, 3.05) is 31.2 Å². The predicted octanol–water partition coefficient (Wildman–Crippen LogP) is 2.24. The van der Waals surface area contributed by atoms with Crippen LogP contribution in [0.4, 0.5) is 5.82 Å². The van der Waals surface area contributed by atoms with E-state index in [0.29, 0.717) is 18.4 Å². The van der Waals surface area contributed by atoms with E-state index in [0.717, 1.165) is 42.8 Å². The first-order valence-electron chi connectivity index (χ1n) is 7.57. The molecule has 0 aliphatic carbocycles. The molecule has 21 heavy (non-hydrogen) atoms. The van der Waals surface area contributed by atoms with E-state index in [2.05, 4.69) is 9.88 Å². The third kappa shape index (κ3) is 2.93. The van der Waals surface area contributed by atoms with Gasteiger partial charge in [-0.2, -0.15) is 0 Å². The van der Waals surface area contributed by atoms with Gasteiger partial charge in [0.25, 0.3) is 5.88 Å². The number of aromatic nitrogens is 2. The van der Waals surface area contributed by atoms with Crippen molar-refractivity contribution in [3.63, 3.8) is 0 Å². The molecule has 1 atom stereocenters. The van der Waals surface area contributed by atoms with Crippen molar-refractivity contribution in [2.24, 2.45) is 5.92 Å². The summed E-state index contributed by atoms with van der Waals surface area (Å²) in [6, 6.07) is 7.83. The van der Waals surface area contributed by atoms with E-state index in [1.54, 1.807) is 0 Å².